The molecule has 2 unspecified atom stereocenters. The van der Waals surface area contributed by atoms with Gasteiger partial charge in [0, 0.05) is 6.04 Å². The maximum Gasteiger partial charge on any atom is 0.0991 e. The quantitative estimate of drug-likeness (QED) is 0.915. The summed E-state index contributed by atoms with van der Waals surface area (Å²) in [6.07, 6.45) is 3.83. The molecule has 1 aromatic carbocycles. The lowest BCUT2D eigenvalue weighted by molar-refractivity contribution is 0.189. The van der Waals surface area contributed by atoms with Crippen molar-refractivity contribution in [3.8, 4) is 6.07 Å². The number of rotatable bonds is 4. The van der Waals surface area contributed by atoms with Crippen LogP contribution in [0.1, 0.15) is 43.4 Å². The lowest BCUT2D eigenvalue weighted by Crippen LogP contribution is -2.34. The van der Waals surface area contributed by atoms with Crippen molar-refractivity contribution in [3.63, 3.8) is 0 Å². The van der Waals surface area contributed by atoms with Gasteiger partial charge in [-0.15, -0.1) is 0 Å². The molecule has 1 N–H and O–H groups in total. The fourth-order valence-corrected chi connectivity index (χ4v) is 3.29. The first-order chi connectivity index (χ1) is 9.76. The summed E-state index contributed by atoms with van der Waals surface area (Å²) in [5, 5.41) is 12.6. The molecule has 20 heavy (non-hydrogen) atoms. The van der Waals surface area contributed by atoms with Gasteiger partial charge in [-0.1, -0.05) is 25.5 Å². The van der Waals surface area contributed by atoms with Crippen molar-refractivity contribution in [1.29, 1.82) is 5.26 Å². The molecule has 3 nitrogen and oxygen atoms in total. The van der Waals surface area contributed by atoms with Gasteiger partial charge in [-0.2, -0.15) is 5.26 Å². The molecule has 1 aliphatic heterocycles. The van der Waals surface area contributed by atoms with E-state index >= 15 is 0 Å². The standard InChI is InChI=1S/C17H25N3/c1-3-19-13-16-8-4-5-10-20(2)17(16)15-9-6-7-14(11-15)12-18/h6-7,9,11,16-17,19H,3-5,8,10,13H2,1-2H3. The van der Waals surface area contributed by atoms with Gasteiger partial charge in [-0.05, 0) is 63.1 Å². The third-order valence-electron chi connectivity index (χ3n) is 4.27. The molecule has 2 atom stereocenters. The highest BCUT2D eigenvalue weighted by molar-refractivity contribution is 5.34. The van der Waals surface area contributed by atoms with Crippen LogP contribution in [0.4, 0.5) is 0 Å². The zero-order valence-electron chi connectivity index (χ0n) is 12.6. The Balaban J connectivity index is 2.27. The first-order valence-corrected chi connectivity index (χ1v) is 7.67. The van der Waals surface area contributed by atoms with Gasteiger partial charge in [0.1, 0.15) is 0 Å². The minimum Gasteiger partial charge on any atom is -0.317 e. The molecular formula is C17H25N3. The average Bonchev–Trinajstić information content (AvgIpc) is 2.66. The Labute approximate surface area is 122 Å². The average molecular weight is 271 g/mol. The van der Waals surface area contributed by atoms with Crippen molar-refractivity contribution in [2.24, 2.45) is 5.92 Å². The minimum atomic E-state index is 0.421. The first-order valence-electron chi connectivity index (χ1n) is 7.67. The van der Waals surface area contributed by atoms with Crippen molar-refractivity contribution in [1.82, 2.24) is 10.2 Å². The van der Waals surface area contributed by atoms with E-state index in [1.54, 1.807) is 0 Å². The normalized spacial score (nSPS) is 24.1. The summed E-state index contributed by atoms with van der Waals surface area (Å²) < 4.78 is 0. The highest BCUT2D eigenvalue weighted by Gasteiger charge is 2.28. The molecule has 0 aliphatic carbocycles. The third-order valence-corrected chi connectivity index (χ3v) is 4.27. The Morgan fingerprint density at radius 1 is 1.40 bits per heavy atom. The van der Waals surface area contributed by atoms with Gasteiger partial charge >= 0.3 is 0 Å². The summed E-state index contributed by atoms with van der Waals surface area (Å²) in [5.41, 5.74) is 2.05. The molecule has 108 valence electrons. The summed E-state index contributed by atoms with van der Waals surface area (Å²) in [4.78, 5) is 2.46. The highest BCUT2D eigenvalue weighted by atomic mass is 15.1. The highest BCUT2D eigenvalue weighted by Crippen LogP contribution is 2.34. The van der Waals surface area contributed by atoms with E-state index in [0.29, 0.717) is 12.0 Å². The predicted molar refractivity (Wildman–Crippen MR) is 82.4 cm³/mol. The van der Waals surface area contributed by atoms with Crippen LogP contribution in [0, 0.1) is 17.2 Å². The van der Waals surface area contributed by atoms with Crippen LogP contribution < -0.4 is 5.32 Å². The van der Waals surface area contributed by atoms with E-state index in [4.69, 9.17) is 5.26 Å². The van der Waals surface area contributed by atoms with Crippen LogP contribution in [-0.4, -0.2) is 31.6 Å². The molecule has 1 aliphatic rings. The molecule has 1 saturated heterocycles. The molecule has 0 radical (unpaired) electrons. The van der Waals surface area contributed by atoms with Crippen molar-refractivity contribution >= 4 is 0 Å². The molecular weight excluding hydrogens is 246 g/mol. The van der Waals surface area contributed by atoms with Gasteiger partial charge < -0.3 is 5.32 Å². The van der Waals surface area contributed by atoms with E-state index in [2.05, 4.69) is 42.4 Å². The second-order valence-corrected chi connectivity index (χ2v) is 5.73. The fourth-order valence-electron chi connectivity index (χ4n) is 3.29. The van der Waals surface area contributed by atoms with Gasteiger partial charge in [0.05, 0.1) is 11.6 Å². The maximum atomic E-state index is 9.11. The van der Waals surface area contributed by atoms with Crippen LogP contribution in [-0.2, 0) is 0 Å². The maximum absolute atomic E-state index is 9.11. The van der Waals surface area contributed by atoms with Gasteiger partial charge in [0.15, 0.2) is 0 Å². The summed E-state index contributed by atoms with van der Waals surface area (Å²) in [6.45, 7) is 5.38. The molecule has 1 heterocycles. The number of likely N-dealkylation sites (tertiary alicyclic amines) is 1. The Morgan fingerprint density at radius 3 is 3.00 bits per heavy atom. The molecule has 1 aromatic rings. The zero-order chi connectivity index (χ0) is 14.4. The SMILES string of the molecule is CCNCC1CCCCN(C)C1c1cccc(C#N)c1. The molecule has 0 spiro atoms. The summed E-state index contributed by atoms with van der Waals surface area (Å²) in [5.74, 6) is 0.622. The molecule has 0 amide bonds. The Morgan fingerprint density at radius 2 is 2.25 bits per heavy atom. The van der Waals surface area contributed by atoms with Crippen LogP contribution in [0.5, 0.6) is 0 Å². The second kappa shape index (κ2) is 7.42. The smallest absolute Gasteiger partial charge is 0.0991 e. The number of nitrogens with zero attached hydrogens (tertiary/aromatic N) is 2. The number of hydrogen-bond acceptors (Lipinski definition) is 3. The van der Waals surface area contributed by atoms with Gasteiger partial charge in [-0.25, -0.2) is 0 Å². The summed E-state index contributed by atoms with van der Waals surface area (Å²) >= 11 is 0. The van der Waals surface area contributed by atoms with E-state index in [0.717, 1.165) is 25.2 Å². The fraction of sp³-hybridized carbons (Fsp3) is 0.588. The topological polar surface area (TPSA) is 39.1 Å². The lowest BCUT2D eigenvalue weighted by atomic mass is 9.88. The van der Waals surface area contributed by atoms with Crippen molar-refractivity contribution in [2.75, 3.05) is 26.7 Å². The van der Waals surface area contributed by atoms with Crippen LogP contribution in [0.2, 0.25) is 0 Å². The summed E-state index contributed by atoms with van der Waals surface area (Å²) in [6, 6.07) is 10.8. The molecule has 2 rings (SSSR count). The Kier molecular flexibility index (Phi) is 5.58. The molecule has 3 heteroatoms. The molecule has 0 bridgehead atoms. The summed E-state index contributed by atoms with van der Waals surface area (Å²) in [7, 11) is 2.22. The zero-order valence-corrected chi connectivity index (χ0v) is 12.6. The third kappa shape index (κ3) is 3.59. The molecule has 1 fully saturated rings. The Bertz CT molecular complexity index is 464. The van der Waals surface area contributed by atoms with E-state index in [1.807, 2.05) is 12.1 Å². The van der Waals surface area contributed by atoms with Gasteiger partial charge in [-0.3, -0.25) is 4.90 Å². The largest absolute Gasteiger partial charge is 0.317 e. The second-order valence-electron chi connectivity index (χ2n) is 5.73. The monoisotopic (exact) mass is 271 g/mol. The van der Waals surface area contributed by atoms with E-state index in [-0.39, 0.29) is 0 Å². The minimum absolute atomic E-state index is 0.421. The number of benzene rings is 1. The predicted octanol–water partition coefficient (Wildman–Crippen LogP) is 2.94. The van der Waals surface area contributed by atoms with Crippen molar-refractivity contribution in [2.45, 2.75) is 32.2 Å². The van der Waals surface area contributed by atoms with E-state index in [9.17, 15) is 0 Å². The number of nitriles is 1. The molecule has 0 saturated carbocycles. The van der Waals surface area contributed by atoms with E-state index < -0.39 is 0 Å². The molecule has 0 aromatic heterocycles. The lowest BCUT2D eigenvalue weighted by Gasteiger charge is -2.33. The van der Waals surface area contributed by atoms with Crippen LogP contribution >= 0.6 is 0 Å². The van der Waals surface area contributed by atoms with Gasteiger partial charge in [0.25, 0.3) is 0 Å². The van der Waals surface area contributed by atoms with Crippen LogP contribution in [0.3, 0.4) is 0 Å². The van der Waals surface area contributed by atoms with Gasteiger partial charge in [0.2, 0.25) is 0 Å². The first kappa shape index (κ1) is 15.0. The van der Waals surface area contributed by atoms with Crippen LogP contribution in [0.25, 0.3) is 0 Å². The van der Waals surface area contributed by atoms with E-state index in [1.165, 1.54) is 24.8 Å². The van der Waals surface area contributed by atoms with Crippen molar-refractivity contribution in [3.05, 3.63) is 35.4 Å². The van der Waals surface area contributed by atoms with Crippen molar-refractivity contribution < 1.29 is 0 Å². The number of nitrogens with one attached hydrogen (secondary N) is 1. The van der Waals surface area contributed by atoms with Crippen LogP contribution in [0.15, 0.2) is 24.3 Å². The number of hydrogen-bond donors (Lipinski definition) is 1. The Hall–Kier alpha value is -1.37.